The summed E-state index contributed by atoms with van der Waals surface area (Å²) < 4.78 is 8.56. The molecule has 7 rings (SSSR count). The van der Waals surface area contributed by atoms with Gasteiger partial charge in [0.25, 0.3) is 0 Å². The quantitative estimate of drug-likeness (QED) is 0.222. The van der Waals surface area contributed by atoms with Crippen molar-refractivity contribution in [3.05, 3.63) is 152 Å². The molecule has 190 valence electrons. The van der Waals surface area contributed by atoms with Crippen LogP contribution in [-0.4, -0.2) is 14.5 Å². The van der Waals surface area contributed by atoms with Gasteiger partial charge in [0, 0.05) is 16.7 Å². The fourth-order valence-electron chi connectivity index (χ4n) is 5.06. The maximum atomic E-state index is 6.46. The lowest BCUT2D eigenvalue weighted by molar-refractivity contribution is 0.437. The minimum absolute atomic E-state index is 0.497. The van der Waals surface area contributed by atoms with Crippen LogP contribution in [0.5, 0.6) is 11.8 Å². The van der Waals surface area contributed by atoms with Crippen molar-refractivity contribution in [3.8, 4) is 51.1 Å². The molecule has 0 aliphatic heterocycles. The highest BCUT2D eigenvalue weighted by atomic mass is 16.5. The third-order valence-electron chi connectivity index (χ3n) is 6.93. The second-order valence-corrected chi connectivity index (χ2v) is 9.48. The topological polar surface area (TPSA) is 39.9 Å². The fraction of sp³-hybridized carbons (Fsp3) is 0. The normalized spacial score (nSPS) is 11.0. The van der Waals surface area contributed by atoms with Crippen molar-refractivity contribution in [1.29, 1.82) is 0 Å². The summed E-state index contributed by atoms with van der Waals surface area (Å²) in [5.74, 6) is 0.724. The molecule has 4 heteroatoms. The number of nitrogens with zero attached hydrogens (tertiary/aromatic N) is 3. The van der Waals surface area contributed by atoms with Gasteiger partial charge in [0.1, 0.15) is 11.3 Å². The molecule has 0 aliphatic rings. The summed E-state index contributed by atoms with van der Waals surface area (Å²) in [5.41, 5.74) is 8.78. The minimum atomic E-state index is 0.497. The first-order chi connectivity index (χ1) is 19.8. The molecule has 0 bridgehead atoms. The Morgan fingerprint density at radius 1 is 0.450 bits per heavy atom. The lowest BCUT2D eigenvalue weighted by Gasteiger charge is -2.15. The van der Waals surface area contributed by atoms with Crippen molar-refractivity contribution in [3.63, 3.8) is 0 Å². The van der Waals surface area contributed by atoms with E-state index in [0.717, 1.165) is 56.1 Å². The van der Waals surface area contributed by atoms with Crippen molar-refractivity contribution in [2.24, 2.45) is 0 Å². The van der Waals surface area contributed by atoms with Crippen molar-refractivity contribution in [2.45, 2.75) is 0 Å². The van der Waals surface area contributed by atoms with Gasteiger partial charge >= 0.3 is 6.01 Å². The molecule has 0 aliphatic carbocycles. The zero-order chi connectivity index (χ0) is 26.7. The number of pyridine rings is 1. The molecule has 0 N–H and O–H groups in total. The average Bonchev–Trinajstić information content (AvgIpc) is 3.40. The zero-order valence-electron chi connectivity index (χ0n) is 21.7. The Bertz CT molecular complexity index is 1910. The van der Waals surface area contributed by atoms with Gasteiger partial charge < -0.3 is 4.74 Å². The number of rotatable bonds is 6. The molecular formula is C36H25N3O. The molecule has 0 saturated carbocycles. The SMILES string of the molecule is c1ccc(Oc2nc3c(-c4cccc(-c5ccccc5)n4)cccc3n2-c2ccccc2-c2ccccc2)cc1. The second-order valence-electron chi connectivity index (χ2n) is 9.48. The molecular weight excluding hydrogens is 490 g/mol. The molecule has 0 saturated heterocycles. The van der Waals surface area contributed by atoms with Gasteiger partial charge in [-0.3, -0.25) is 4.57 Å². The van der Waals surface area contributed by atoms with E-state index < -0.39 is 0 Å². The Hall–Kier alpha value is -5.48. The fourth-order valence-corrected chi connectivity index (χ4v) is 5.06. The van der Waals surface area contributed by atoms with Crippen LogP contribution in [0.2, 0.25) is 0 Å². The Balaban J connectivity index is 1.45. The highest BCUT2D eigenvalue weighted by molar-refractivity contribution is 5.94. The number of fused-ring (bicyclic) bond motifs is 1. The monoisotopic (exact) mass is 515 g/mol. The van der Waals surface area contributed by atoms with E-state index in [2.05, 4.69) is 83.4 Å². The van der Waals surface area contributed by atoms with Gasteiger partial charge in [0.15, 0.2) is 0 Å². The zero-order valence-corrected chi connectivity index (χ0v) is 21.7. The summed E-state index contributed by atoms with van der Waals surface area (Å²) in [7, 11) is 0. The molecule has 2 heterocycles. The Labute approximate surface area is 232 Å². The number of hydrogen-bond donors (Lipinski definition) is 0. The number of hydrogen-bond acceptors (Lipinski definition) is 3. The predicted octanol–water partition coefficient (Wildman–Crippen LogP) is 9.21. The molecule has 7 aromatic rings. The van der Waals surface area contributed by atoms with E-state index in [-0.39, 0.29) is 0 Å². The molecule has 0 atom stereocenters. The lowest BCUT2D eigenvalue weighted by Crippen LogP contribution is -2.00. The number of para-hydroxylation sites is 3. The first-order valence-electron chi connectivity index (χ1n) is 13.3. The molecule has 0 amide bonds. The van der Waals surface area contributed by atoms with Crippen LogP contribution in [0.4, 0.5) is 0 Å². The van der Waals surface area contributed by atoms with Crippen LogP contribution in [-0.2, 0) is 0 Å². The highest BCUT2D eigenvalue weighted by Crippen LogP contribution is 2.38. The Kier molecular flexibility index (Phi) is 6.11. The third kappa shape index (κ3) is 4.42. The Morgan fingerprint density at radius 3 is 1.82 bits per heavy atom. The number of imidazole rings is 1. The van der Waals surface area contributed by atoms with E-state index in [1.807, 2.05) is 72.8 Å². The van der Waals surface area contributed by atoms with E-state index >= 15 is 0 Å². The van der Waals surface area contributed by atoms with E-state index in [1.165, 1.54) is 0 Å². The number of ether oxygens (including phenoxy) is 1. The predicted molar refractivity (Wildman–Crippen MR) is 162 cm³/mol. The van der Waals surface area contributed by atoms with Crippen LogP contribution >= 0.6 is 0 Å². The molecule has 40 heavy (non-hydrogen) atoms. The Morgan fingerprint density at radius 2 is 1.05 bits per heavy atom. The van der Waals surface area contributed by atoms with Crippen LogP contribution in [0.3, 0.4) is 0 Å². The first-order valence-corrected chi connectivity index (χ1v) is 13.3. The van der Waals surface area contributed by atoms with E-state index in [9.17, 15) is 0 Å². The van der Waals surface area contributed by atoms with E-state index in [0.29, 0.717) is 6.01 Å². The summed E-state index contributed by atoms with van der Waals surface area (Å²) in [6.45, 7) is 0. The first kappa shape index (κ1) is 23.6. The van der Waals surface area contributed by atoms with Crippen LogP contribution in [0.15, 0.2) is 152 Å². The molecule has 2 aromatic heterocycles. The molecule has 0 unspecified atom stereocenters. The average molecular weight is 516 g/mol. The third-order valence-corrected chi connectivity index (χ3v) is 6.93. The van der Waals surface area contributed by atoms with Crippen molar-refractivity contribution < 1.29 is 4.74 Å². The summed E-state index contributed by atoms with van der Waals surface area (Å²) in [6.07, 6.45) is 0. The van der Waals surface area contributed by atoms with Gasteiger partial charge in [0.05, 0.1) is 22.6 Å². The van der Waals surface area contributed by atoms with Crippen LogP contribution in [0.1, 0.15) is 0 Å². The van der Waals surface area contributed by atoms with E-state index in [4.69, 9.17) is 14.7 Å². The van der Waals surface area contributed by atoms with Gasteiger partial charge in [-0.15, -0.1) is 0 Å². The van der Waals surface area contributed by atoms with Crippen molar-refractivity contribution in [2.75, 3.05) is 0 Å². The molecule has 0 radical (unpaired) electrons. The standard InChI is InChI=1S/C36H25N3O/c1-4-14-26(15-5-1)29-20-10-11-24-33(29)39-34-25-12-21-30(35(34)38-36(39)40-28-18-8-3-9-19-28)32-23-13-22-31(37-32)27-16-6-2-7-17-27/h1-25H. The molecule has 0 spiro atoms. The highest BCUT2D eigenvalue weighted by Gasteiger charge is 2.20. The summed E-state index contributed by atoms with van der Waals surface area (Å²) >= 11 is 0. The van der Waals surface area contributed by atoms with E-state index in [1.54, 1.807) is 0 Å². The second kappa shape index (κ2) is 10.4. The van der Waals surface area contributed by atoms with Gasteiger partial charge in [-0.1, -0.05) is 115 Å². The summed E-state index contributed by atoms with van der Waals surface area (Å²) in [5, 5.41) is 0. The maximum Gasteiger partial charge on any atom is 0.307 e. The summed E-state index contributed by atoms with van der Waals surface area (Å²) in [6, 6.07) is 51.6. The van der Waals surface area contributed by atoms with Gasteiger partial charge in [-0.25, -0.2) is 4.98 Å². The smallest absolute Gasteiger partial charge is 0.307 e. The number of benzene rings is 5. The van der Waals surface area contributed by atoms with Crippen molar-refractivity contribution in [1.82, 2.24) is 14.5 Å². The lowest BCUT2D eigenvalue weighted by atomic mass is 10.0. The summed E-state index contributed by atoms with van der Waals surface area (Å²) in [4.78, 5) is 10.1. The largest absolute Gasteiger partial charge is 0.425 e. The van der Waals surface area contributed by atoms with Crippen molar-refractivity contribution >= 4 is 11.0 Å². The number of aromatic nitrogens is 3. The molecule has 0 fully saturated rings. The minimum Gasteiger partial charge on any atom is -0.425 e. The van der Waals surface area contributed by atoms with Gasteiger partial charge in [-0.05, 0) is 42.0 Å². The van der Waals surface area contributed by atoms with Gasteiger partial charge in [-0.2, -0.15) is 4.98 Å². The van der Waals surface area contributed by atoms with Crippen LogP contribution in [0, 0.1) is 0 Å². The van der Waals surface area contributed by atoms with Gasteiger partial charge in [0.2, 0.25) is 0 Å². The maximum absolute atomic E-state index is 6.46. The van der Waals surface area contributed by atoms with Crippen LogP contribution < -0.4 is 4.74 Å². The molecule has 5 aromatic carbocycles. The molecule has 4 nitrogen and oxygen atoms in total. The van der Waals surface area contributed by atoms with Crippen LogP contribution in [0.25, 0.3) is 50.4 Å².